The van der Waals surface area contributed by atoms with Gasteiger partial charge in [-0.25, -0.2) is 4.39 Å². The molecule has 114 valence electrons. The maximum absolute atomic E-state index is 13.0. The zero-order valence-corrected chi connectivity index (χ0v) is 12.6. The highest BCUT2D eigenvalue weighted by Gasteiger charge is 2.35. The zero-order valence-electron chi connectivity index (χ0n) is 12.6. The predicted octanol–water partition coefficient (Wildman–Crippen LogP) is 5.10. The number of fused-ring (bicyclic) bond motifs is 1. The van der Waals surface area contributed by atoms with E-state index in [9.17, 15) is 9.18 Å². The molecular formula is C19H25FO. The Morgan fingerprint density at radius 3 is 2.48 bits per heavy atom. The van der Waals surface area contributed by atoms with Gasteiger partial charge in [0.25, 0.3) is 0 Å². The van der Waals surface area contributed by atoms with E-state index in [2.05, 4.69) is 0 Å². The summed E-state index contributed by atoms with van der Waals surface area (Å²) < 4.78 is 13.0. The summed E-state index contributed by atoms with van der Waals surface area (Å²) in [6, 6.07) is 7.13. The number of hydrogen-bond donors (Lipinski definition) is 0. The summed E-state index contributed by atoms with van der Waals surface area (Å²) in [7, 11) is 0. The van der Waals surface area contributed by atoms with E-state index in [0.717, 1.165) is 36.9 Å². The molecule has 4 unspecified atom stereocenters. The summed E-state index contributed by atoms with van der Waals surface area (Å²) in [6.07, 6.45) is 10.7. The van der Waals surface area contributed by atoms with Gasteiger partial charge in [0.1, 0.15) is 12.1 Å². The topological polar surface area (TPSA) is 17.1 Å². The van der Waals surface area contributed by atoms with E-state index in [-0.39, 0.29) is 5.82 Å². The summed E-state index contributed by atoms with van der Waals surface area (Å²) in [4.78, 5) is 10.5. The van der Waals surface area contributed by atoms with Gasteiger partial charge in [-0.1, -0.05) is 18.6 Å². The Morgan fingerprint density at radius 1 is 1.00 bits per heavy atom. The summed E-state index contributed by atoms with van der Waals surface area (Å²) in [5, 5.41) is 0. The van der Waals surface area contributed by atoms with Gasteiger partial charge < -0.3 is 4.79 Å². The van der Waals surface area contributed by atoms with Crippen LogP contribution >= 0.6 is 0 Å². The van der Waals surface area contributed by atoms with Crippen molar-refractivity contribution in [1.82, 2.24) is 0 Å². The third kappa shape index (κ3) is 3.53. The van der Waals surface area contributed by atoms with Gasteiger partial charge in [-0.3, -0.25) is 0 Å². The summed E-state index contributed by atoms with van der Waals surface area (Å²) in [6.45, 7) is 0. The second-order valence-corrected chi connectivity index (χ2v) is 7.00. The molecule has 21 heavy (non-hydrogen) atoms. The number of aldehydes is 1. The molecule has 2 aliphatic rings. The van der Waals surface area contributed by atoms with Crippen LogP contribution in [0.3, 0.4) is 0 Å². The van der Waals surface area contributed by atoms with E-state index in [1.165, 1.54) is 44.1 Å². The van der Waals surface area contributed by atoms with Crippen LogP contribution < -0.4 is 0 Å². The van der Waals surface area contributed by atoms with E-state index in [4.69, 9.17) is 0 Å². The summed E-state index contributed by atoms with van der Waals surface area (Å²) in [5.41, 5.74) is 1.32. The fourth-order valence-electron chi connectivity index (χ4n) is 4.59. The van der Waals surface area contributed by atoms with E-state index >= 15 is 0 Å². The average Bonchev–Trinajstić information content (AvgIpc) is 2.53. The second kappa shape index (κ2) is 6.72. The van der Waals surface area contributed by atoms with E-state index in [0.29, 0.717) is 5.92 Å². The van der Waals surface area contributed by atoms with Gasteiger partial charge in [0.15, 0.2) is 0 Å². The van der Waals surface area contributed by atoms with Crippen molar-refractivity contribution in [2.24, 2.45) is 17.8 Å². The quantitative estimate of drug-likeness (QED) is 0.704. The van der Waals surface area contributed by atoms with Crippen molar-refractivity contribution < 1.29 is 9.18 Å². The molecule has 0 N–H and O–H groups in total. The number of hydrogen-bond acceptors (Lipinski definition) is 1. The lowest BCUT2D eigenvalue weighted by molar-refractivity contribution is -0.108. The van der Waals surface area contributed by atoms with Crippen LogP contribution in [0, 0.1) is 23.6 Å². The monoisotopic (exact) mass is 288 g/mol. The SMILES string of the molecule is O=CCCC1CCC2CC(c3ccc(F)cc3)CCC2C1. The lowest BCUT2D eigenvalue weighted by Crippen LogP contribution is -2.30. The Labute approximate surface area is 126 Å². The molecule has 1 aromatic rings. The van der Waals surface area contributed by atoms with Crippen molar-refractivity contribution in [3.05, 3.63) is 35.6 Å². The van der Waals surface area contributed by atoms with Crippen LogP contribution in [0.2, 0.25) is 0 Å². The predicted molar refractivity (Wildman–Crippen MR) is 82.6 cm³/mol. The molecular weight excluding hydrogens is 263 g/mol. The second-order valence-electron chi connectivity index (χ2n) is 7.00. The Balaban J connectivity index is 1.57. The molecule has 0 aromatic heterocycles. The molecule has 0 radical (unpaired) electrons. The third-order valence-corrected chi connectivity index (χ3v) is 5.76. The normalized spacial score (nSPS) is 32.4. The van der Waals surface area contributed by atoms with Crippen LogP contribution in [-0.4, -0.2) is 6.29 Å². The highest BCUT2D eigenvalue weighted by atomic mass is 19.1. The number of carbonyl (C=O) groups is 1. The van der Waals surface area contributed by atoms with Crippen molar-refractivity contribution in [3.63, 3.8) is 0 Å². The average molecular weight is 288 g/mol. The molecule has 2 heteroatoms. The smallest absolute Gasteiger partial charge is 0.123 e. The lowest BCUT2D eigenvalue weighted by Gasteiger charge is -2.42. The van der Waals surface area contributed by atoms with Gasteiger partial charge in [-0.15, -0.1) is 0 Å². The molecule has 2 aliphatic carbocycles. The van der Waals surface area contributed by atoms with Crippen LogP contribution in [0.4, 0.5) is 4.39 Å². The van der Waals surface area contributed by atoms with Gasteiger partial charge >= 0.3 is 0 Å². The van der Waals surface area contributed by atoms with Gasteiger partial charge in [0.05, 0.1) is 0 Å². The molecule has 0 bridgehead atoms. The Bertz CT molecular complexity index is 467. The van der Waals surface area contributed by atoms with E-state index in [1.807, 2.05) is 12.1 Å². The first-order chi connectivity index (χ1) is 10.3. The molecule has 3 rings (SSSR count). The van der Waals surface area contributed by atoms with Crippen molar-refractivity contribution in [2.45, 2.75) is 57.3 Å². The fraction of sp³-hybridized carbons (Fsp3) is 0.632. The third-order valence-electron chi connectivity index (χ3n) is 5.76. The number of benzene rings is 1. The van der Waals surface area contributed by atoms with Crippen molar-refractivity contribution in [2.75, 3.05) is 0 Å². The molecule has 2 saturated carbocycles. The van der Waals surface area contributed by atoms with Crippen LogP contribution in [0.25, 0.3) is 0 Å². The lowest BCUT2D eigenvalue weighted by atomic mass is 9.63. The molecule has 2 fully saturated rings. The largest absolute Gasteiger partial charge is 0.303 e. The standard InChI is InChI=1S/C19H25FO/c20-19-9-7-15(8-10-19)17-6-5-16-12-14(2-1-11-21)3-4-18(16)13-17/h7-11,14,16-18H,1-6,12-13H2. The molecule has 0 saturated heterocycles. The molecule has 0 heterocycles. The highest BCUT2D eigenvalue weighted by molar-refractivity contribution is 5.49. The van der Waals surface area contributed by atoms with E-state index in [1.54, 1.807) is 12.1 Å². The molecule has 0 aliphatic heterocycles. The van der Waals surface area contributed by atoms with Gasteiger partial charge in [-0.2, -0.15) is 0 Å². The number of halogens is 1. The highest BCUT2D eigenvalue weighted by Crippen LogP contribution is 2.48. The fourth-order valence-corrected chi connectivity index (χ4v) is 4.59. The summed E-state index contributed by atoms with van der Waals surface area (Å²) >= 11 is 0. The van der Waals surface area contributed by atoms with Crippen LogP contribution in [0.1, 0.15) is 62.8 Å². The molecule has 1 nitrogen and oxygen atoms in total. The Kier molecular flexibility index (Phi) is 4.72. The summed E-state index contributed by atoms with van der Waals surface area (Å²) in [5.74, 6) is 2.98. The Morgan fingerprint density at radius 2 is 1.71 bits per heavy atom. The first-order valence-corrected chi connectivity index (χ1v) is 8.45. The molecule has 4 atom stereocenters. The minimum atomic E-state index is -0.136. The zero-order chi connectivity index (χ0) is 14.7. The van der Waals surface area contributed by atoms with Crippen LogP contribution in [0.15, 0.2) is 24.3 Å². The van der Waals surface area contributed by atoms with E-state index < -0.39 is 0 Å². The molecule has 0 amide bonds. The minimum absolute atomic E-state index is 0.136. The van der Waals surface area contributed by atoms with Crippen LogP contribution in [0.5, 0.6) is 0 Å². The van der Waals surface area contributed by atoms with Crippen LogP contribution in [-0.2, 0) is 4.79 Å². The Hall–Kier alpha value is -1.18. The maximum atomic E-state index is 13.0. The van der Waals surface area contributed by atoms with Gasteiger partial charge in [0.2, 0.25) is 0 Å². The first kappa shape index (κ1) is 14.7. The molecule has 0 spiro atoms. The molecule has 1 aromatic carbocycles. The van der Waals surface area contributed by atoms with Gasteiger partial charge in [-0.05, 0) is 79.9 Å². The van der Waals surface area contributed by atoms with Crippen molar-refractivity contribution >= 4 is 6.29 Å². The maximum Gasteiger partial charge on any atom is 0.123 e. The van der Waals surface area contributed by atoms with Gasteiger partial charge in [0, 0.05) is 6.42 Å². The first-order valence-electron chi connectivity index (χ1n) is 8.45. The van der Waals surface area contributed by atoms with Crippen molar-refractivity contribution in [3.8, 4) is 0 Å². The minimum Gasteiger partial charge on any atom is -0.303 e. The van der Waals surface area contributed by atoms with Crippen molar-refractivity contribution in [1.29, 1.82) is 0 Å². The number of rotatable bonds is 4. The number of carbonyl (C=O) groups excluding carboxylic acids is 1.